The molecule has 0 fully saturated rings. The van der Waals surface area contributed by atoms with Gasteiger partial charge in [0.05, 0.1) is 12.2 Å². The van der Waals surface area contributed by atoms with E-state index in [4.69, 9.17) is 19.9 Å². The predicted octanol–water partition coefficient (Wildman–Crippen LogP) is -0.0992. The molecular weight excluding hydrogens is 268 g/mol. The Morgan fingerprint density at radius 3 is 2.35 bits per heavy atom. The molecule has 4 N–H and O–H groups in total. The van der Waals surface area contributed by atoms with Crippen LogP contribution in [0.15, 0.2) is 12.2 Å². The van der Waals surface area contributed by atoms with Gasteiger partial charge in [-0.3, -0.25) is 0 Å². The second-order valence-corrected chi connectivity index (χ2v) is 4.37. The molecule has 8 heteroatoms. The molecule has 20 heavy (non-hydrogen) atoms. The minimum absolute atomic E-state index is 0.186. The van der Waals surface area contributed by atoms with Crippen molar-refractivity contribution < 1.29 is 28.9 Å². The highest BCUT2D eigenvalue weighted by Crippen LogP contribution is 2.20. The number of carbonyl (C=O) groups is 2. The molecule has 8 nitrogen and oxygen atoms in total. The summed E-state index contributed by atoms with van der Waals surface area (Å²) in [4.78, 5) is 22.0. The Kier molecular flexibility index (Phi) is 6.26. The van der Waals surface area contributed by atoms with E-state index in [1.165, 1.54) is 14.2 Å². The number of nitrogens with two attached hydrogens (primary N) is 1. The van der Waals surface area contributed by atoms with Crippen LogP contribution in [0.2, 0.25) is 0 Å². The summed E-state index contributed by atoms with van der Waals surface area (Å²) in [5, 5.41) is 12.4. The maximum atomic E-state index is 11.2. The van der Waals surface area contributed by atoms with Gasteiger partial charge in [-0.05, 0) is 12.2 Å². The van der Waals surface area contributed by atoms with Crippen molar-refractivity contribution in [2.45, 2.75) is 37.3 Å². The van der Waals surface area contributed by atoms with Gasteiger partial charge in [0.1, 0.15) is 12.2 Å². The fourth-order valence-electron chi connectivity index (χ4n) is 1.95. The molecule has 1 aliphatic rings. The van der Waals surface area contributed by atoms with Gasteiger partial charge in [0.15, 0.2) is 0 Å². The monoisotopic (exact) mass is 288 g/mol. The summed E-state index contributed by atoms with van der Waals surface area (Å²) in [5.74, 6) is 0. The Morgan fingerprint density at radius 2 is 1.85 bits per heavy atom. The van der Waals surface area contributed by atoms with E-state index in [1.807, 2.05) is 0 Å². The molecule has 0 heterocycles. The summed E-state index contributed by atoms with van der Waals surface area (Å²) in [7, 11) is 2.87. The van der Waals surface area contributed by atoms with E-state index in [0.29, 0.717) is 0 Å². The van der Waals surface area contributed by atoms with Gasteiger partial charge in [-0.1, -0.05) is 0 Å². The van der Waals surface area contributed by atoms with Crippen molar-refractivity contribution in [3.05, 3.63) is 12.2 Å². The highest BCUT2D eigenvalue weighted by molar-refractivity contribution is 5.67. The average molecular weight is 288 g/mol. The molecule has 1 rings (SSSR count). The van der Waals surface area contributed by atoms with E-state index < -0.39 is 36.6 Å². The lowest BCUT2D eigenvalue weighted by Crippen LogP contribution is -2.39. The first-order valence-electron chi connectivity index (χ1n) is 6.20. The molecule has 0 aromatic heterocycles. The maximum Gasteiger partial charge on any atom is 0.407 e. The first-order valence-corrected chi connectivity index (χ1v) is 6.20. The molecule has 0 spiro atoms. The van der Waals surface area contributed by atoms with Crippen LogP contribution in [0.4, 0.5) is 9.59 Å². The van der Waals surface area contributed by atoms with Crippen molar-refractivity contribution in [1.29, 1.82) is 0 Å². The summed E-state index contributed by atoms with van der Waals surface area (Å²) in [6.07, 6.45) is -0.685. The number of aliphatic hydroxyl groups is 1. The largest absolute Gasteiger partial charge is 0.442 e. The number of hydrogen-bond donors (Lipinski definition) is 3. The summed E-state index contributed by atoms with van der Waals surface area (Å²) in [6, 6.07) is 0. The lowest BCUT2D eigenvalue weighted by molar-refractivity contribution is -0.0512. The molecule has 0 aliphatic heterocycles. The second kappa shape index (κ2) is 7.71. The Morgan fingerprint density at radius 1 is 1.25 bits per heavy atom. The second-order valence-electron chi connectivity index (χ2n) is 4.37. The molecule has 1 aliphatic carbocycles. The fourth-order valence-corrected chi connectivity index (χ4v) is 1.95. The van der Waals surface area contributed by atoms with Gasteiger partial charge in [-0.2, -0.15) is 0 Å². The van der Waals surface area contributed by atoms with Gasteiger partial charge in [-0.25, -0.2) is 9.59 Å². The third-order valence-electron chi connectivity index (χ3n) is 2.94. The third kappa shape index (κ3) is 5.06. The zero-order valence-corrected chi connectivity index (χ0v) is 11.4. The first kappa shape index (κ1) is 16.3. The number of methoxy groups -OCH3 is 1. The predicted molar refractivity (Wildman–Crippen MR) is 69.0 cm³/mol. The van der Waals surface area contributed by atoms with Crippen LogP contribution in [-0.2, 0) is 14.2 Å². The van der Waals surface area contributed by atoms with Crippen molar-refractivity contribution >= 4 is 12.2 Å². The number of hydrogen-bond acceptors (Lipinski definition) is 6. The molecule has 0 bridgehead atoms. The Hall–Kier alpha value is -1.80. The molecule has 0 saturated heterocycles. The van der Waals surface area contributed by atoms with Crippen molar-refractivity contribution in [3.8, 4) is 0 Å². The van der Waals surface area contributed by atoms with Crippen molar-refractivity contribution in [2.75, 3.05) is 14.2 Å². The van der Waals surface area contributed by atoms with Crippen LogP contribution in [0.3, 0.4) is 0 Å². The topological polar surface area (TPSA) is 120 Å². The van der Waals surface area contributed by atoms with E-state index in [-0.39, 0.29) is 12.8 Å². The zero-order valence-electron chi connectivity index (χ0n) is 11.4. The van der Waals surface area contributed by atoms with Gasteiger partial charge >= 0.3 is 12.2 Å². The molecule has 2 amide bonds. The molecule has 0 saturated carbocycles. The van der Waals surface area contributed by atoms with Gasteiger partial charge < -0.3 is 30.4 Å². The van der Waals surface area contributed by atoms with Crippen LogP contribution in [0.1, 0.15) is 12.8 Å². The number of primary amides is 1. The summed E-state index contributed by atoms with van der Waals surface area (Å²) >= 11 is 0. The number of amides is 2. The lowest BCUT2D eigenvalue weighted by Gasteiger charge is -2.29. The molecular formula is C12H20N2O6. The number of ether oxygens (including phenoxy) is 3. The van der Waals surface area contributed by atoms with Crippen LogP contribution >= 0.6 is 0 Å². The number of aliphatic hydroxyl groups excluding tert-OH is 1. The Balaban J connectivity index is 2.81. The van der Waals surface area contributed by atoms with Gasteiger partial charge in [0, 0.05) is 27.0 Å². The van der Waals surface area contributed by atoms with Gasteiger partial charge in [0.2, 0.25) is 0 Å². The van der Waals surface area contributed by atoms with E-state index in [2.05, 4.69) is 5.32 Å². The quantitative estimate of drug-likeness (QED) is 0.624. The molecule has 4 atom stereocenters. The highest BCUT2D eigenvalue weighted by atomic mass is 16.6. The number of rotatable bonds is 3. The van der Waals surface area contributed by atoms with Gasteiger partial charge in [0.25, 0.3) is 0 Å². The van der Waals surface area contributed by atoms with Gasteiger partial charge in [-0.15, -0.1) is 0 Å². The molecule has 0 radical (unpaired) electrons. The van der Waals surface area contributed by atoms with E-state index >= 15 is 0 Å². The maximum absolute atomic E-state index is 11.2. The van der Waals surface area contributed by atoms with Crippen LogP contribution in [0.5, 0.6) is 0 Å². The van der Waals surface area contributed by atoms with E-state index in [9.17, 15) is 14.7 Å². The molecule has 0 aromatic carbocycles. The Bertz CT molecular complexity index is 373. The molecule has 114 valence electrons. The Labute approximate surface area is 116 Å². The van der Waals surface area contributed by atoms with E-state index in [0.717, 1.165) is 0 Å². The first-order chi connectivity index (χ1) is 9.46. The average Bonchev–Trinajstić information content (AvgIpc) is 2.38. The SMILES string of the molecule is CNC(=O)OC1/C=C/C(OC(N)=O)CC(OC)C(O)C1. The standard InChI is InChI=1S/C12H20N2O6/c1-14-12(17)20-7-3-4-8(19-11(13)16)6-10(18-2)9(15)5-7/h3-4,7-10,15H,5-6H2,1-2H3,(H2,13,16)(H,14,17)/b4-3+. The number of nitrogens with one attached hydrogen (secondary N) is 1. The minimum atomic E-state index is -0.923. The van der Waals surface area contributed by atoms with Crippen LogP contribution < -0.4 is 11.1 Å². The summed E-state index contributed by atoms with van der Waals surface area (Å²) < 4.78 is 15.1. The molecule has 0 aromatic rings. The smallest absolute Gasteiger partial charge is 0.407 e. The third-order valence-corrected chi connectivity index (χ3v) is 2.94. The molecule has 4 unspecified atom stereocenters. The van der Waals surface area contributed by atoms with E-state index in [1.54, 1.807) is 12.2 Å². The van der Waals surface area contributed by atoms with Crippen molar-refractivity contribution in [3.63, 3.8) is 0 Å². The minimum Gasteiger partial charge on any atom is -0.442 e. The van der Waals surface area contributed by atoms with Crippen molar-refractivity contribution in [2.24, 2.45) is 5.73 Å². The highest BCUT2D eigenvalue weighted by Gasteiger charge is 2.29. The fraction of sp³-hybridized carbons (Fsp3) is 0.667. The van der Waals surface area contributed by atoms with Crippen LogP contribution in [-0.4, -0.2) is 55.9 Å². The number of alkyl carbamates (subject to hydrolysis) is 1. The normalized spacial score (nSPS) is 31.6. The van der Waals surface area contributed by atoms with Crippen LogP contribution in [0, 0.1) is 0 Å². The lowest BCUT2D eigenvalue weighted by atomic mass is 9.97. The summed E-state index contributed by atoms with van der Waals surface area (Å²) in [6.45, 7) is 0. The van der Waals surface area contributed by atoms with Crippen LogP contribution in [0.25, 0.3) is 0 Å². The number of carbonyl (C=O) groups excluding carboxylic acids is 2. The zero-order chi connectivity index (χ0) is 15.1. The summed E-state index contributed by atoms with van der Waals surface area (Å²) in [5.41, 5.74) is 4.98. The van der Waals surface area contributed by atoms with Crippen molar-refractivity contribution in [1.82, 2.24) is 5.32 Å².